The van der Waals surface area contributed by atoms with E-state index in [1.807, 2.05) is 13.8 Å². The molecule has 5 heteroatoms. The third-order valence-corrected chi connectivity index (χ3v) is 3.13. The molecule has 0 aliphatic heterocycles. The van der Waals surface area contributed by atoms with Gasteiger partial charge in [-0.2, -0.15) is 0 Å². The summed E-state index contributed by atoms with van der Waals surface area (Å²) in [4.78, 5) is 15.1. The highest BCUT2D eigenvalue weighted by Gasteiger charge is 2.26. The number of amides is 1. The molecule has 0 unspecified atom stereocenters. The van der Waals surface area contributed by atoms with Crippen LogP contribution >= 0.6 is 0 Å². The van der Waals surface area contributed by atoms with Crippen molar-refractivity contribution in [1.82, 2.24) is 10.3 Å². The summed E-state index contributed by atoms with van der Waals surface area (Å²) >= 11 is 0. The Hall–Kier alpha value is -2.04. The quantitative estimate of drug-likeness (QED) is 0.605. The minimum absolute atomic E-state index is 0.0768. The maximum absolute atomic E-state index is 12.0. The number of carbonyl (C=O) groups excluding carboxylic acids is 1. The SMILES string of the molecule is Cc1[nH]c(C(=O)NC2CC2)c(C)c1/C(N)=C/C=N. The van der Waals surface area contributed by atoms with E-state index in [2.05, 4.69) is 10.3 Å². The Labute approximate surface area is 106 Å². The third-order valence-electron chi connectivity index (χ3n) is 3.13. The van der Waals surface area contributed by atoms with Crippen LogP contribution in [-0.4, -0.2) is 23.1 Å². The third kappa shape index (κ3) is 2.30. The second-order valence-electron chi connectivity index (χ2n) is 4.66. The maximum Gasteiger partial charge on any atom is 0.268 e. The highest BCUT2D eigenvalue weighted by Crippen LogP contribution is 2.24. The predicted molar refractivity (Wildman–Crippen MR) is 71.7 cm³/mol. The molecule has 2 rings (SSSR count). The zero-order valence-corrected chi connectivity index (χ0v) is 10.6. The molecule has 1 aliphatic carbocycles. The first-order chi connectivity index (χ1) is 8.54. The second kappa shape index (κ2) is 4.68. The monoisotopic (exact) mass is 246 g/mol. The molecule has 5 N–H and O–H groups in total. The van der Waals surface area contributed by atoms with E-state index in [-0.39, 0.29) is 5.91 Å². The summed E-state index contributed by atoms with van der Waals surface area (Å²) < 4.78 is 0. The standard InChI is InChI=1S/C13H18N4O/c1-7-11(10(15)5-6-14)8(2)16-12(7)13(18)17-9-3-4-9/h5-6,9,14,16H,3-4,15H2,1-2H3,(H,17,18)/b10-5-,14-6?. The van der Waals surface area contributed by atoms with Gasteiger partial charge in [0.2, 0.25) is 0 Å². The van der Waals surface area contributed by atoms with Crippen LogP contribution in [0.3, 0.4) is 0 Å². The normalized spacial score (nSPS) is 15.6. The minimum Gasteiger partial charge on any atom is -0.398 e. The lowest BCUT2D eigenvalue weighted by Crippen LogP contribution is -2.26. The summed E-state index contributed by atoms with van der Waals surface area (Å²) in [6.07, 6.45) is 4.79. The zero-order valence-electron chi connectivity index (χ0n) is 10.6. The highest BCUT2D eigenvalue weighted by atomic mass is 16.2. The molecule has 1 aliphatic rings. The van der Waals surface area contributed by atoms with Crippen LogP contribution in [0.1, 0.15) is 40.2 Å². The van der Waals surface area contributed by atoms with Crippen molar-refractivity contribution >= 4 is 17.8 Å². The lowest BCUT2D eigenvalue weighted by Gasteiger charge is -2.03. The molecular formula is C13H18N4O. The lowest BCUT2D eigenvalue weighted by molar-refractivity contribution is 0.0946. The summed E-state index contributed by atoms with van der Waals surface area (Å²) in [6, 6.07) is 0.332. The molecule has 0 atom stereocenters. The molecule has 0 saturated heterocycles. The Bertz CT molecular complexity index is 523. The number of H-pyrrole nitrogens is 1. The van der Waals surface area contributed by atoms with Crippen LogP contribution < -0.4 is 11.1 Å². The van der Waals surface area contributed by atoms with Gasteiger partial charge in [0.15, 0.2) is 0 Å². The minimum atomic E-state index is -0.0768. The molecule has 0 radical (unpaired) electrons. The van der Waals surface area contributed by atoms with Crippen LogP contribution in [0.15, 0.2) is 6.08 Å². The number of aromatic amines is 1. The fourth-order valence-electron chi connectivity index (χ4n) is 2.07. The Morgan fingerprint density at radius 2 is 2.17 bits per heavy atom. The zero-order chi connectivity index (χ0) is 13.3. The van der Waals surface area contributed by atoms with Crippen LogP contribution in [0.4, 0.5) is 0 Å². The molecule has 1 aromatic rings. The van der Waals surface area contributed by atoms with Gasteiger partial charge in [-0.1, -0.05) is 0 Å². The molecular weight excluding hydrogens is 228 g/mol. The first kappa shape index (κ1) is 12.4. The number of hydrogen-bond donors (Lipinski definition) is 4. The number of rotatable bonds is 4. The summed E-state index contributed by atoms with van der Waals surface area (Å²) in [6.45, 7) is 3.74. The number of allylic oxidation sites excluding steroid dienone is 1. The van der Waals surface area contributed by atoms with Crippen molar-refractivity contribution in [2.24, 2.45) is 5.73 Å². The molecule has 1 heterocycles. The fraction of sp³-hybridized carbons (Fsp3) is 0.385. The average Bonchev–Trinajstić information content (AvgIpc) is 3.04. The van der Waals surface area contributed by atoms with Gasteiger partial charge in [-0.05, 0) is 38.3 Å². The first-order valence-corrected chi connectivity index (χ1v) is 6.01. The van der Waals surface area contributed by atoms with Crippen LogP contribution in [0.2, 0.25) is 0 Å². The van der Waals surface area contributed by atoms with Crippen LogP contribution in [-0.2, 0) is 0 Å². The number of aromatic nitrogens is 1. The smallest absolute Gasteiger partial charge is 0.268 e. The molecule has 0 aromatic carbocycles. The van der Waals surface area contributed by atoms with E-state index in [0.717, 1.165) is 35.9 Å². The number of carbonyl (C=O) groups is 1. The Morgan fingerprint density at radius 3 is 2.72 bits per heavy atom. The van der Waals surface area contributed by atoms with Crippen molar-refractivity contribution in [2.75, 3.05) is 0 Å². The number of nitrogens with two attached hydrogens (primary N) is 1. The van der Waals surface area contributed by atoms with Gasteiger partial charge in [0, 0.05) is 29.2 Å². The summed E-state index contributed by atoms with van der Waals surface area (Å²) in [5.74, 6) is -0.0768. The van der Waals surface area contributed by atoms with E-state index in [9.17, 15) is 4.79 Å². The van der Waals surface area contributed by atoms with Gasteiger partial charge in [0.05, 0.1) is 0 Å². The molecule has 96 valence electrons. The topological polar surface area (TPSA) is 94.8 Å². The molecule has 0 spiro atoms. The Balaban J connectivity index is 2.32. The summed E-state index contributed by atoms with van der Waals surface area (Å²) in [7, 11) is 0. The predicted octanol–water partition coefficient (Wildman–Crippen LogP) is 1.47. The van der Waals surface area contributed by atoms with Crippen LogP contribution in [0.5, 0.6) is 0 Å². The molecule has 1 aromatic heterocycles. The van der Waals surface area contributed by atoms with Crippen molar-refractivity contribution in [1.29, 1.82) is 5.41 Å². The maximum atomic E-state index is 12.0. The summed E-state index contributed by atoms with van der Waals surface area (Å²) in [5, 5.41) is 9.99. The van der Waals surface area contributed by atoms with E-state index < -0.39 is 0 Å². The van der Waals surface area contributed by atoms with Gasteiger partial charge in [-0.25, -0.2) is 0 Å². The van der Waals surface area contributed by atoms with E-state index in [4.69, 9.17) is 11.1 Å². The van der Waals surface area contributed by atoms with Gasteiger partial charge in [0.25, 0.3) is 5.91 Å². The molecule has 1 fully saturated rings. The molecule has 1 saturated carbocycles. The van der Waals surface area contributed by atoms with E-state index in [1.54, 1.807) is 0 Å². The largest absolute Gasteiger partial charge is 0.398 e. The molecule has 5 nitrogen and oxygen atoms in total. The van der Waals surface area contributed by atoms with Crippen molar-refractivity contribution in [3.8, 4) is 0 Å². The fourth-order valence-corrected chi connectivity index (χ4v) is 2.07. The molecule has 0 bridgehead atoms. The van der Waals surface area contributed by atoms with Gasteiger partial charge < -0.3 is 21.4 Å². The van der Waals surface area contributed by atoms with Crippen molar-refractivity contribution < 1.29 is 4.79 Å². The van der Waals surface area contributed by atoms with Gasteiger partial charge in [-0.3, -0.25) is 4.79 Å². The average molecular weight is 246 g/mol. The van der Waals surface area contributed by atoms with E-state index in [0.29, 0.717) is 17.4 Å². The molecule has 18 heavy (non-hydrogen) atoms. The first-order valence-electron chi connectivity index (χ1n) is 6.01. The number of nitrogens with one attached hydrogen (secondary N) is 3. The number of hydrogen-bond acceptors (Lipinski definition) is 3. The molecule has 1 amide bonds. The number of aryl methyl sites for hydroxylation is 1. The van der Waals surface area contributed by atoms with Crippen molar-refractivity contribution in [3.05, 3.63) is 28.6 Å². The van der Waals surface area contributed by atoms with Crippen LogP contribution in [0.25, 0.3) is 5.70 Å². The lowest BCUT2D eigenvalue weighted by atomic mass is 10.1. The van der Waals surface area contributed by atoms with Crippen molar-refractivity contribution in [2.45, 2.75) is 32.7 Å². The van der Waals surface area contributed by atoms with Crippen LogP contribution in [0, 0.1) is 19.3 Å². The second-order valence-corrected chi connectivity index (χ2v) is 4.66. The van der Waals surface area contributed by atoms with Gasteiger partial charge >= 0.3 is 0 Å². The van der Waals surface area contributed by atoms with Gasteiger partial charge in [-0.15, -0.1) is 0 Å². The summed E-state index contributed by atoms with van der Waals surface area (Å²) in [5.41, 5.74) is 9.46. The Morgan fingerprint density at radius 1 is 1.50 bits per heavy atom. The van der Waals surface area contributed by atoms with E-state index >= 15 is 0 Å². The van der Waals surface area contributed by atoms with Gasteiger partial charge in [0.1, 0.15) is 5.69 Å². The van der Waals surface area contributed by atoms with Crippen molar-refractivity contribution in [3.63, 3.8) is 0 Å². The Kier molecular flexibility index (Phi) is 3.23. The highest BCUT2D eigenvalue weighted by molar-refractivity contribution is 5.96. The van der Waals surface area contributed by atoms with E-state index in [1.165, 1.54) is 6.08 Å².